The molecule has 1 aliphatic rings. The molecule has 5 nitrogen and oxygen atoms in total. The summed E-state index contributed by atoms with van der Waals surface area (Å²) in [7, 11) is 1.26. The highest BCUT2D eigenvalue weighted by molar-refractivity contribution is 6.30. The summed E-state index contributed by atoms with van der Waals surface area (Å²) in [6.45, 7) is -0.160. The molecule has 1 aromatic carbocycles. The second-order valence-electron chi connectivity index (χ2n) is 3.86. The van der Waals surface area contributed by atoms with Gasteiger partial charge in [-0.3, -0.25) is 9.59 Å². The van der Waals surface area contributed by atoms with E-state index in [2.05, 4.69) is 10.1 Å². The van der Waals surface area contributed by atoms with Crippen molar-refractivity contribution in [2.75, 3.05) is 13.7 Å². The van der Waals surface area contributed by atoms with Gasteiger partial charge in [0.25, 0.3) is 5.91 Å². The minimum Gasteiger partial charge on any atom is -0.480 e. The topological polar surface area (TPSA) is 64.6 Å². The first-order valence-electron chi connectivity index (χ1n) is 5.40. The van der Waals surface area contributed by atoms with E-state index < -0.39 is 12.1 Å². The van der Waals surface area contributed by atoms with E-state index in [1.54, 1.807) is 18.2 Å². The zero-order chi connectivity index (χ0) is 13.1. The number of carbonyl (C=O) groups excluding carboxylic acids is 2. The third-order valence-corrected chi connectivity index (χ3v) is 2.86. The molecule has 0 fully saturated rings. The van der Waals surface area contributed by atoms with Gasteiger partial charge in [0, 0.05) is 11.4 Å². The molecule has 1 heterocycles. The number of nitrogens with one attached hydrogen (secondary N) is 1. The van der Waals surface area contributed by atoms with Crippen LogP contribution in [0.1, 0.15) is 5.56 Å². The number of ether oxygens (including phenoxy) is 2. The standard InChI is InChI=1S/C12H12ClNO4/c1-17-11(15)6-14-12(16)10-5-7-4-8(13)2-3-9(7)18-10/h2-4,10H,5-6H2,1H3,(H,14,16). The number of rotatable bonds is 3. The maximum Gasteiger partial charge on any atom is 0.325 e. The van der Waals surface area contributed by atoms with Crippen molar-refractivity contribution in [3.8, 4) is 5.75 Å². The summed E-state index contributed by atoms with van der Waals surface area (Å²) in [5.41, 5.74) is 0.890. The van der Waals surface area contributed by atoms with Gasteiger partial charge in [0.05, 0.1) is 7.11 Å². The van der Waals surface area contributed by atoms with E-state index in [9.17, 15) is 9.59 Å². The number of halogens is 1. The van der Waals surface area contributed by atoms with Gasteiger partial charge in [-0.25, -0.2) is 0 Å². The van der Waals surface area contributed by atoms with Crippen molar-refractivity contribution in [3.05, 3.63) is 28.8 Å². The van der Waals surface area contributed by atoms with Crippen LogP contribution in [-0.4, -0.2) is 31.6 Å². The van der Waals surface area contributed by atoms with Gasteiger partial charge in [-0.15, -0.1) is 0 Å². The lowest BCUT2D eigenvalue weighted by Gasteiger charge is -2.10. The molecule has 0 aliphatic carbocycles. The highest BCUT2D eigenvalue weighted by Gasteiger charge is 2.29. The first kappa shape index (κ1) is 12.7. The molecule has 6 heteroatoms. The van der Waals surface area contributed by atoms with Crippen LogP contribution in [0.15, 0.2) is 18.2 Å². The van der Waals surface area contributed by atoms with E-state index in [4.69, 9.17) is 16.3 Å². The van der Waals surface area contributed by atoms with Gasteiger partial charge in [-0.1, -0.05) is 11.6 Å². The Balaban J connectivity index is 1.94. The third kappa shape index (κ3) is 2.73. The molecule has 1 aliphatic heterocycles. The SMILES string of the molecule is COC(=O)CNC(=O)C1Cc2cc(Cl)ccc2O1. The summed E-state index contributed by atoms with van der Waals surface area (Å²) in [5.74, 6) is -0.188. The summed E-state index contributed by atoms with van der Waals surface area (Å²) in [6.07, 6.45) is -0.175. The number of fused-ring (bicyclic) bond motifs is 1. The molecule has 0 bridgehead atoms. The van der Waals surface area contributed by atoms with E-state index >= 15 is 0 Å². The molecule has 2 rings (SSSR count). The lowest BCUT2D eigenvalue weighted by molar-refractivity contribution is -0.141. The molecule has 1 N–H and O–H groups in total. The lowest BCUT2D eigenvalue weighted by atomic mass is 10.1. The van der Waals surface area contributed by atoms with Crippen LogP contribution in [0.2, 0.25) is 5.02 Å². The van der Waals surface area contributed by atoms with Crippen LogP contribution in [-0.2, 0) is 20.7 Å². The third-order valence-electron chi connectivity index (χ3n) is 2.62. The molecule has 1 aromatic rings. The van der Waals surface area contributed by atoms with Crippen molar-refractivity contribution in [2.24, 2.45) is 0 Å². The second kappa shape index (κ2) is 5.27. The Morgan fingerprint density at radius 3 is 3.06 bits per heavy atom. The Hall–Kier alpha value is -1.75. The first-order valence-corrected chi connectivity index (χ1v) is 5.77. The average Bonchev–Trinajstić information content (AvgIpc) is 2.78. The molecule has 1 unspecified atom stereocenters. The number of methoxy groups -OCH3 is 1. The Kier molecular flexibility index (Phi) is 3.72. The van der Waals surface area contributed by atoms with Crippen molar-refractivity contribution >= 4 is 23.5 Å². The number of hydrogen-bond donors (Lipinski definition) is 1. The Bertz CT molecular complexity index is 489. The monoisotopic (exact) mass is 269 g/mol. The highest BCUT2D eigenvalue weighted by atomic mass is 35.5. The fourth-order valence-electron chi connectivity index (χ4n) is 1.71. The lowest BCUT2D eigenvalue weighted by Crippen LogP contribution is -2.40. The van der Waals surface area contributed by atoms with E-state index in [1.807, 2.05) is 0 Å². The summed E-state index contributed by atoms with van der Waals surface area (Å²) in [6, 6.07) is 5.20. The molecular weight excluding hydrogens is 258 g/mol. The molecule has 1 amide bonds. The molecule has 96 valence electrons. The molecule has 0 spiro atoms. The largest absolute Gasteiger partial charge is 0.480 e. The minimum atomic E-state index is -0.622. The van der Waals surface area contributed by atoms with E-state index in [1.165, 1.54) is 7.11 Å². The summed E-state index contributed by atoms with van der Waals surface area (Å²) in [4.78, 5) is 22.6. The summed E-state index contributed by atoms with van der Waals surface area (Å²) < 4.78 is 9.90. The maximum atomic E-state index is 11.7. The van der Waals surface area contributed by atoms with Gasteiger partial charge >= 0.3 is 5.97 Å². The van der Waals surface area contributed by atoms with Crippen molar-refractivity contribution in [1.82, 2.24) is 5.32 Å². The predicted octanol–water partition coefficient (Wildman–Crippen LogP) is 0.933. The zero-order valence-electron chi connectivity index (χ0n) is 9.73. The Morgan fingerprint density at radius 2 is 2.33 bits per heavy atom. The van der Waals surface area contributed by atoms with Crippen molar-refractivity contribution in [1.29, 1.82) is 0 Å². The normalized spacial score (nSPS) is 16.7. The van der Waals surface area contributed by atoms with E-state index in [0.29, 0.717) is 17.2 Å². The molecule has 1 atom stereocenters. The quantitative estimate of drug-likeness (QED) is 0.829. The average molecular weight is 270 g/mol. The first-order chi connectivity index (χ1) is 8.60. The Labute approximate surface area is 109 Å². The number of carbonyl (C=O) groups is 2. The van der Waals surface area contributed by atoms with Gasteiger partial charge in [0.1, 0.15) is 12.3 Å². The fraction of sp³-hybridized carbons (Fsp3) is 0.333. The predicted molar refractivity (Wildman–Crippen MR) is 64.6 cm³/mol. The molecule has 0 saturated heterocycles. The molecule has 0 saturated carbocycles. The number of benzene rings is 1. The minimum absolute atomic E-state index is 0.160. The molecular formula is C12H12ClNO4. The van der Waals surface area contributed by atoms with Crippen molar-refractivity contribution in [3.63, 3.8) is 0 Å². The maximum absolute atomic E-state index is 11.7. The van der Waals surface area contributed by atoms with Gasteiger partial charge in [0.2, 0.25) is 0 Å². The number of amides is 1. The summed E-state index contributed by atoms with van der Waals surface area (Å²) >= 11 is 5.85. The van der Waals surface area contributed by atoms with Crippen LogP contribution >= 0.6 is 11.6 Å². The highest BCUT2D eigenvalue weighted by Crippen LogP contribution is 2.30. The smallest absolute Gasteiger partial charge is 0.325 e. The van der Waals surface area contributed by atoms with E-state index in [-0.39, 0.29) is 12.5 Å². The van der Waals surface area contributed by atoms with Crippen LogP contribution in [0.5, 0.6) is 5.75 Å². The molecule has 18 heavy (non-hydrogen) atoms. The van der Waals surface area contributed by atoms with Gasteiger partial charge in [-0.2, -0.15) is 0 Å². The second-order valence-corrected chi connectivity index (χ2v) is 4.29. The Morgan fingerprint density at radius 1 is 1.56 bits per heavy atom. The number of hydrogen-bond acceptors (Lipinski definition) is 4. The van der Waals surface area contributed by atoms with Crippen LogP contribution in [0.4, 0.5) is 0 Å². The zero-order valence-corrected chi connectivity index (χ0v) is 10.5. The van der Waals surface area contributed by atoms with Crippen LogP contribution in [0.25, 0.3) is 0 Å². The van der Waals surface area contributed by atoms with Crippen molar-refractivity contribution in [2.45, 2.75) is 12.5 Å². The van der Waals surface area contributed by atoms with Gasteiger partial charge in [-0.05, 0) is 23.8 Å². The number of esters is 1. The summed E-state index contributed by atoms with van der Waals surface area (Å²) in [5, 5.41) is 3.06. The van der Waals surface area contributed by atoms with Crippen LogP contribution < -0.4 is 10.1 Å². The fourth-order valence-corrected chi connectivity index (χ4v) is 1.90. The van der Waals surface area contributed by atoms with Crippen LogP contribution in [0, 0.1) is 0 Å². The van der Waals surface area contributed by atoms with Gasteiger partial charge < -0.3 is 14.8 Å². The van der Waals surface area contributed by atoms with E-state index in [0.717, 1.165) is 5.56 Å². The van der Waals surface area contributed by atoms with Crippen LogP contribution in [0.3, 0.4) is 0 Å². The molecule has 0 aromatic heterocycles. The molecule has 0 radical (unpaired) electrons. The van der Waals surface area contributed by atoms with Gasteiger partial charge in [0.15, 0.2) is 6.10 Å². The van der Waals surface area contributed by atoms with Crippen molar-refractivity contribution < 1.29 is 19.1 Å².